The van der Waals surface area contributed by atoms with Gasteiger partial charge in [0.15, 0.2) is 0 Å². The molecule has 0 unspecified atom stereocenters. The van der Waals surface area contributed by atoms with Gasteiger partial charge < -0.3 is 9.47 Å². The van der Waals surface area contributed by atoms with E-state index < -0.39 is 0 Å². The molecule has 10 aromatic rings. The van der Waals surface area contributed by atoms with E-state index in [9.17, 15) is 0 Å². The lowest BCUT2D eigenvalue weighted by Crippen LogP contribution is -2.31. The van der Waals surface area contributed by atoms with Gasteiger partial charge >= 0.3 is 0 Å². The Morgan fingerprint density at radius 3 is 1.86 bits per heavy atom. The summed E-state index contributed by atoms with van der Waals surface area (Å²) >= 11 is 0. The molecule has 1 aromatic heterocycles. The van der Waals surface area contributed by atoms with Gasteiger partial charge in [0.2, 0.25) is 0 Å². The van der Waals surface area contributed by atoms with Crippen LogP contribution in [0.4, 0.5) is 17.1 Å². The zero-order chi connectivity index (χ0) is 32.4. The molecule has 0 amide bonds. The van der Waals surface area contributed by atoms with Gasteiger partial charge in [-0.25, -0.2) is 0 Å². The Morgan fingerprint density at radius 2 is 0.980 bits per heavy atom. The van der Waals surface area contributed by atoms with Crippen molar-refractivity contribution < 1.29 is 0 Å². The van der Waals surface area contributed by atoms with Gasteiger partial charge in [0.25, 0.3) is 0 Å². The van der Waals surface area contributed by atoms with Crippen molar-refractivity contribution in [2.45, 2.75) is 19.3 Å². The number of rotatable bonds is 2. The van der Waals surface area contributed by atoms with Crippen LogP contribution in [0, 0.1) is 0 Å². The zero-order valence-corrected chi connectivity index (χ0v) is 27.4. The Balaban J connectivity index is 1.28. The van der Waals surface area contributed by atoms with Crippen molar-refractivity contribution in [2.75, 3.05) is 4.90 Å². The van der Waals surface area contributed by atoms with Crippen molar-refractivity contribution in [2.24, 2.45) is 0 Å². The van der Waals surface area contributed by atoms with E-state index >= 15 is 0 Å². The summed E-state index contributed by atoms with van der Waals surface area (Å²) in [5, 5.41) is 12.9. The Morgan fingerprint density at radius 1 is 0.367 bits per heavy atom. The van der Waals surface area contributed by atoms with Crippen LogP contribution in [0.15, 0.2) is 158 Å². The van der Waals surface area contributed by atoms with E-state index in [1.165, 1.54) is 98.8 Å². The summed E-state index contributed by atoms with van der Waals surface area (Å²) in [6, 6.07) is 58.6. The van der Waals surface area contributed by atoms with Crippen LogP contribution in [-0.4, -0.2) is 4.57 Å². The maximum atomic E-state index is 2.55. The highest BCUT2D eigenvalue weighted by Crippen LogP contribution is 2.56. The topological polar surface area (TPSA) is 8.17 Å². The molecule has 0 N–H and O–H groups in total. The van der Waals surface area contributed by atoms with Crippen molar-refractivity contribution >= 4 is 82.0 Å². The summed E-state index contributed by atoms with van der Waals surface area (Å²) in [6.07, 6.45) is 0. The summed E-state index contributed by atoms with van der Waals surface area (Å²) in [5.41, 5.74) is 9.82. The molecule has 49 heavy (non-hydrogen) atoms. The molecule has 0 bridgehead atoms. The minimum absolute atomic E-state index is 0.251. The molecule has 1 aliphatic heterocycles. The number of anilines is 3. The summed E-state index contributed by atoms with van der Waals surface area (Å²) in [7, 11) is 0. The van der Waals surface area contributed by atoms with Crippen LogP contribution in [0.5, 0.6) is 0 Å². The van der Waals surface area contributed by atoms with E-state index in [0.717, 1.165) is 0 Å². The maximum Gasteiger partial charge on any atom is 0.0545 e. The fourth-order valence-corrected chi connectivity index (χ4v) is 9.17. The second-order valence-corrected chi connectivity index (χ2v) is 14.1. The molecule has 1 aliphatic rings. The van der Waals surface area contributed by atoms with Crippen LogP contribution in [0.25, 0.3) is 70.6 Å². The summed E-state index contributed by atoms with van der Waals surface area (Å²) in [4.78, 5) is 2.55. The fourth-order valence-electron chi connectivity index (χ4n) is 9.17. The Hall–Kier alpha value is -6.12. The molecular formula is C47H32N2. The normalized spacial score (nSPS) is 14.0. The van der Waals surface area contributed by atoms with Gasteiger partial charge in [-0.3, -0.25) is 0 Å². The lowest BCUT2D eigenvalue weighted by atomic mass is 9.72. The Labute approximate surface area is 284 Å². The SMILES string of the molecule is CC1(C)c2ccccc2N(c2ccc3ccc4cccc5ccc2c3c45)c2ccc3c(c21)c1ccccc1n3-c1cccc2ccccc12. The Bertz CT molecular complexity index is 2960. The van der Waals surface area contributed by atoms with Crippen molar-refractivity contribution in [3.8, 4) is 5.69 Å². The van der Waals surface area contributed by atoms with Crippen LogP contribution in [0.2, 0.25) is 0 Å². The highest BCUT2D eigenvalue weighted by atomic mass is 15.2. The fraction of sp³-hybridized carbons (Fsp3) is 0.0638. The smallest absolute Gasteiger partial charge is 0.0545 e. The number of para-hydroxylation sites is 2. The van der Waals surface area contributed by atoms with E-state index in [-0.39, 0.29) is 5.41 Å². The lowest BCUT2D eigenvalue weighted by Gasteiger charge is -2.43. The predicted molar refractivity (Wildman–Crippen MR) is 209 cm³/mol. The first kappa shape index (κ1) is 26.9. The van der Waals surface area contributed by atoms with Gasteiger partial charge in [-0.05, 0) is 79.8 Å². The number of nitrogens with zero attached hydrogens (tertiary/aromatic N) is 2. The van der Waals surface area contributed by atoms with E-state index in [2.05, 4.69) is 181 Å². The number of benzene rings is 9. The minimum atomic E-state index is -0.251. The molecule has 0 saturated carbocycles. The molecule has 2 nitrogen and oxygen atoms in total. The largest absolute Gasteiger partial charge is 0.309 e. The van der Waals surface area contributed by atoms with Crippen LogP contribution < -0.4 is 4.90 Å². The van der Waals surface area contributed by atoms with E-state index in [0.29, 0.717) is 0 Å². The lowest BCUT2D eigenvalue weighted by molar-refractivity contribution is 0.638. The van der Waals surface area contributed by atoms with Crippen molar-refractivity contribution in [3.05, 3.63) is 169 Å². The highest BCUT2D eigenvalue weighted by molar-refractivity contribution is 6.26. The third-order valence-electron chi connectivity index (χ3n) is 11.3. The first-order chi connectivity index (χ1) is 24.1. The first-order valence-corrected chi connectivity index (χ1v) is 17.2. The molecule has 2 heterocycles. The minimum Gasteiger partial charge on any atom is -0.309 e. The Kier molecular flexibility index (Phi) is 5.21. The number of aromatic nitrogens is 1. The monoisotopic (exact) mass is 624 g/mol. The first-order valence-electron chi connectivity index (χ1n) is 17.2. The van der Waals surface area contributed by atoms with Gasteiger partial charge in [-0.2, -0.15) is 0 Å². The van der Waals surface area contributed by atoms with Crippen LogP contribution in [-0.2, 0) is 5.41 Å². The summed E-state index contributed by atoms with van der Waals surface area (Å²) in [5.74, 6) is 0. The van der Waals surface area contributed by atoms with Crippen LogP contribution in [0.3, 0.4) is 0 Å². The summed E-state index contributed by atoms with van der Waals surface area (Å²) in [6.45, 7) is 4.82. The average Bonchev–Trinajstić information content (AvgIpc) is 3.48. The van der Waals surface area contributed by atoms with Gasteiger partial charge in [-0.15, -0.1) is 0 Å². The molecule has 0 aliphatic carbocycles. The number of hydrogen-bond acceptors (Lipinski definition) is 1. The standard InChI is InChI=1S/C47H32N2/c1-47(2)36-17-6-8-19-40(36)49(39-26-24-32-22-21-30-13-9-14-31-23-25-35(39)44(32)43(30)31)42-28-27-41-45(46(42)47)34-16-5-7-18-38(34)48(41)37-20-10-12-29-11-3-4-15-33(29)37/h3-28H,1-2H3. The maximum absolute atomic E-state index is 2.55. The van der Waals surface area contributed by atoms with E-state index in [1.54, 1.807) is 0 Å². The van der Waals surface area contributed by atoms with Gasteiger partial charge in [0, 0.05) is 27.0 Å². The molecule has 0 saturated heterocycles. The van der Waals surface area contributed by atoms with Gasteiger partial charge in [-0.1, -0.05) is 135 Å². The zero-order valence-electron chi connectivity index (χ0n) is 27.4. The molecule has 2 heteroatoms. The third kappa shape index (κ3) is 3.45. The molecule has 0 fully saturated rings. The van der Waals surface area contributed by atoms with Crippen molar-refractivity contribution in [1.82, 2.24) is 4.57 Å². The molecule has 0 spiro atoms. The molecule has 11 rings (SSSR count). The van der Waals surface area contributed by atoms with E-state index in [4.69, 9.17) is 0 Å². The highest BCUT2D eigenvalue weighted by Gasteiger charge is 2.39. The second kappa shape index (κ2) is 9.49. The number of fused-ring (bicyclic) bond motifs is 7. The molecule has 9 aromatic carbocycles. The number of hydrogen-bond donors (Lipinski definition) is 0. The average molecular weight is 625 g/mol. The van der Waals surface area contributed by atoms with Crippen LogP contribution >= 0.6 is 0 Å². The quantitative estimate of drug-likeness (QED) is 0.174. The van der Waals surface area contributed by atoms with Crippen LogP contribution in [0.1, 0.15) is 25.0 Å². The molecule has 0 radical (unpaired) electrons. The van der Waals surface area contributed by atoms with E-state index in [1.807, 2.05) is 0 Å². The van der Waals surface area contributed by atoms with Gasteiger partial charge in [0.1, 0.15) is 0 Å². The van der Waals surface area contributed by atoms with Crippen molar-refractivity contribution in [3.63, 3.8) is 0 Å². The molecule has 0 atom stereocenters. The molecule has 230 valence electrons. The predicted octanol–water partition coefficient (Wildman–Crippen LogP) is 12.9. The third-order valence-corrected chi connectivity index (χ3v) is 11.3. The molecular weight excluding hydrogens is 593 g/mol. The van der Waals surface area contributed by atoms with Gasteiger partial charge in [0.05, 0.1) is 33.8 Å². The summed E-state index contributed by atoms with van der Waals surface area (Å²) < 4.78 is 2.49. The van der Waals surface area contributed by atoms with Crippen molar-refractivity contribution in [1.29, 1.82) is 0 Å². The second-order valence-electron chi connectivity index (χ2n) is 14.1.